The van der Waals surface area contributed by atoms with E-state index in [1.807, 2.05) is 6.07 Å². The fraction of sp³-hybridized carbons (Fsp3) is 0.278. The van der Waals surface area contributed by atoms with Gasteiger partial charge in [-0.3, -0.25) is 4.79 Å². The van der Waals surface area contributed by atoms with E-state index in [-0.39, 0.29) is 10.9 Å². The quantitative estimate of drug-likeness (QED) is 0.473. The van der Waals surface area contributed by atoms with E-state index >= 15 is 0 Å². The molecular weight excluding hydrogens is 356 g/mol. The number of methoxy groups -OCH3 is 1. The van der Waals surface area contributed by atoms with Crippen LogP contribution in [0.5, 0.6) is 0 Å². The number of ether oxygens (including phenoxy) is 1. The number of esters is 1. The smallest absolute Gasteiger partial charge is 0.360 e. The molecule has 8 heteroatoms. The molecule has 0 saturated carbocycles. The zero-order valence-corrected chi connectivity index (χ0v) is 15.0. The highest BCUT2D eigenvalue weighted by atomic mass is 32.1. The van der Waals surface area contributed by atoms with Crippen LogP contribution in [0.4, 0.5) is 0 Å². The van der Waals surface area contributed by atoms with E-state index in [1.54, 1.807) is 30.3 Å². The molecule has 1 aliphatic heterocycles. The van der Waals surface area contributed by atoms with Gasteiger partial charge in [0.1, 0.15) is 5.92 Å². The topological polar surface area (TPSA) is 92.0 Å². The van der Waals surface area contributed by atoms with Crippen LogP contribution >= 0.6 is 12.2 Å². The molecule has 2 aromatic rings. The highest BCUT2D eigenvalue weighted by molar-refractivity contribution is 7.80. The first-order valence-corrected chi connectivity index (χ1v) is 8.29. The molecule has 3 unspecified atom stereocenters. The number of hydrogen-bond acceptors (Lipinski definition) is 6. The van der Waals surface area contributed by atoms with Gasteiger partial charge < -0.3 is 24.5 Å². The molecule has 0 spiro atoms. The minimum Gasteiger partial charge on any atom is -0.465 e. The van der Waals surface area contributed by atoms with E-state index in [2.05, 4.69) is 5.32 Å². The molecule has 2 heterocycles. The first-order valence-electron chi connectivity index (χ1n) is 7.89. The second-order valence-electron chi connectivity index (χ2n) is 5.93. The van der Waals surface area contributed by atoms with Gasteiger partial charge in [0.25, 0.3) is 5.72 Å². The van der Waals surface area contributed by atoms with Crippen LogP contribution in [0.3, 0.4) is 0 Å². The zero-order valence-electron chi connectivity index (χ0n) is 14.2. The van der Waals surface area contributed by atoms with E-state index in [4.69, 9.17) is 21.4 Å². The van der Waals surface area contributed by atoms with Crippen molar-refractivity contribution >= 4 is 29.1 Å². The van der Waals surface area contributed by atoms with Crippen LogP contribution in [0.15, 0.2) is 53.1 Å². The van der Waals surface area contributed by atoms with E-state index in [9.17, 15) is 14.7 Å². The van der Waals surface area contributed by atoms with Gasteiger partial charge in [0, 0.05) is 7.05 Å². The van der Waals surface area contributed by atoms with Crippen molar-refractivity contribution in [1.82, 2.24) is 10.2 Å². The second-order valence-corrected chi connectivity index (χ2v) is 6.32. The van der Waals surface area contributed by atoms with E-state index < -0.39 is 29.4 Å². The van der Waals surface area contributed by atoms with Crippen molar-refractivity contribution in [2.45, 2.75) is 11.8 Å². The molecule has 0 aliphatic carbocycles. The third-order valence-corrected chi connectivity index (χ3v) is 4.94. The Kier molecular flexibility index (Phi) is 4.80. The predicted molar refractivity (Wildman–Crippen MR) is 96.2 cm³/mol. The molecule has 1 fully saturated rings. The Hall–Kier alpha value is -2.71. The Bertz CT molecular complexity index is 823. The number of rotatable bonds is 4. The van der Waals surface area contributed by atoms with Gasteiger partial charge in [0.15, 0.2) is 10.9 Å². The summed E-state index contributed by atoms with van der Waals surface area (Å²) < 4.78 is 10.0. The van der Waals surface area contributed by atoms with Crippen molar-refractivity contribution in [3.8, 4) is 0 Å². The summed E-state index contributed by atoms with van der Waals surface area (Å²) >= 11 is 5.27. The number of furan rings is 1. The molecule has 26 heavy (non-hydrogen) atoms. The molecule has 136 valence electrons. The number of hydrogen-bond donors (Lipinski definition) is 2. The van der Waals surface area contributed by atoms with Gasteiger partial charge in [-0.2, -0.15) is 0 Å². The number of carbonyl (C=O) groups excluding carboxylic acids is 2. The monoisotopic (exact) mass is 374 g/mol. The summed E-state index contributed by atoms with van der Waals surface area (Å²) in [5, 5.41) is 14.5. The fourth-order valence-electron chi connectivity index (χ4n) is 3.17. The van der Waals surface area contributed by atoms with Crippen LogP contribution in [0, 0.1) is 5.92 Å². The van der Waals surface area contributed by atoms with Crippen LogP contribution in [0.1, 0.15) is 22.2 Å². The Balaban J connectivity index is 2.18. The molecule has 2 N–H and O–H groups in total. The van der Waals surface area contributed by atoms with Gasteiger partial charge in [0.05, 0.1) is 19.4 Å². The molecule has 1 aliphatic rings. The summed E-state index contributed by atoms with van der Waals surface area (Å²) in [7, 11) is 2.57. The molecule has 3 atom stereocenters. The number of nitrogens with one attached hydrogen (secondary N) is 1. The molecule has 0 radical (unpaired) electrons. The largest absolute Gasteiger partial charge is 0.465 e. The molecule has 1 saturated heterocycles. The lowest BCUT2D eigenvalue weighted by Gasteiger charge is -2.48. The average molecular weight is 374 g/mol. The zero-order chi connectivity index (χ0) is 18.9. The maximum absolute atomic E-state index is 13.2. The van der Waals surface area contributed by atoms with Gasteiger partial charge in [-0.1, -0.05) is 30.3 Å². The molecular formula is C18H18N2O5S. The number of carbonyl (C=O) groups is 2. The minimum absolute atomic E-state index is 0.0290. The van der Waals surface area contributed by atoms with Crippen molar-refractivity contribution in [3.63, 3.8) is 0 Å². The number of benzene rings is 1. The van der Waals surface area contributed by atoms with Gasteiger partial charge >= 0.3 is 5.97 Å². The number of ketones is 1. The van der Waals surface area contributed by atoms with Crippen molar-refractivity contribution in [2.24, 2.45) is 5.92 Å². The lowest BCUT2D eigenvalue weighted by Crippen LogP contribution is -2.70. The van der Waals surface area contributed by atoms with E-state index in [0.29, 0.717) is 5.56 Å². The number of nitrogens with zero attached hydrogens (tertiary/aromatic N) is 1. The molecule has 0 bridgehead atoms. The maximum atomic E-state index is 13.2. The standard InChI is InChI=1S/C18H18N2O5S/c1-20-17(26)19-14(11-7-4-3-5-8-11)13(18(20,23)16(22)24-2)15(21)12-9-6-10-25-12/h3-10,13-14,23H,1-2H3,(H,19,26). The number of aliphatic hydroxyl groups is 1. The van der Waals surface area contributed by atoms with Crippen LogP contribution in [0.25, 0.3) is 0 Å². The van der Waals surface area contributed by atoms with Gasteiger partial charge in [-0.15, -0.1) is 0 Å². The third kappa shape index (κ3) is 2.77. The highest BCUT2D eigenvalue weighted by Gasteiger charge is 2.60. The van der Waals surface area contributed by atoms with Crippen LogP contribution < -0.4 is 5.32 Å². The van der Waals surface area contributed by atoms with E-state index in [1.165, 1.54) is 19.4 Å². The number of thiocarbonyl (C=S) groups is 1. The number of likely N-dealkylation sites (N-methyl/N-ethyl adjacent to an activating group) is 1. The predicted octanol–water partition coefficient (Wildman–Crippen LogP) is 1.50. The second kappa shape index (κ2) is 6.89. The Morgan fingerprint density at radius 3 is 2.54 bits per heavy atom. The summed E-state index contributed by atoms with van der Waals surface area (Å²) in [6.07, 6.45) is 1.35. The van der Waals surface area contributed by atoms with Gasteiger partial charge in [-0.05, 0) is 29.9 Å². The lowest BCUT2D eigenvalue weighted by atomic mass is 9.78. The summed E-state index contributed by atoms with van der Waals surface area (Å²) in [5.41, 5.74) is -1.60. The maximum Gasteiger partial charge on any atom is 0.360 e. The van der Waals surface area contributed by atoms with Gasteiger partial charge in [0.2, 0.25) is 5.78 Å². The Labute approximate surface area is 155 Å². The van der Waals surface area contributed by atoms with E-state index in [0.717, 1.165) is 12.0 Å². The van der Waals surface area contributed by atoms with Gasteiger partial charge in [-0.25, -0.2) is 4.79 Å². The first-order chi connectivity index (χ1) is 12.4. The van der Waals surface area contributed by atoms with Crippen molar-refractivity contribution < 1.29 is 23.8 Å². The minimum atomic E-state index is -2.29. The molecule has 0 amide bonds. The summed E-state index contributed by atoms with van der Waals surface area (Å²) in [6.45, 7) is 0. The average Bonchev–Trinajstić information content (AvgIpc) is 3.20. The normalized spacial score (nSPS) is 25.5. The third-order valence-electron chi connectivity index (χ3n) is 4.55. The summed E-state index contributed by atoms with van der Waals surface area (Å²) in [5.74, 6) is -2.74. The molecule has 1 aromatic heterocycles. The Morgan fingerprint density at radius 1 is 1.27 bits per heavy atom. The Morgan fingerprint density at radius 2 is 1.96 bits per heavy atom. The lowest BCUT2D eigenvalue weighted by molar-refractivity contribution is -0.188. The summed E-state index contributed by atoms with van der Waals surface area (Å²) in [4.78, 5) is 26.8. The van der Waals surface area contributed by atoms with Crippen LogP contribution in [0.2, 0.25) is 0 Å². The highest BCUT2D eigenvalue weighted by Crippen LogP contribution is 2.40. The van der Waals surface area contributed by atoms with Crippen LogP contribution in [-0.4, -0.2) is 46.8 Å². The van der Waals surface area contributed by atoms with Crippen molar-refractivity contribution in [1.29, 1.82) is 0 Å². The van der Waals surface area contributed by atoms with Crippen molar-refractivity contribution in [3.05, 3.63) is 60.1 Å². The molecule has 1 aromatic carbocycles. The summed E-state index contributed by atoms with van der Waals surface area (Å²) in [6, 6.07) is 11.3. The van der Waals surface area contributed by atoms with Crippen LogP contribution in [-0.2, 0) is 9.53 Å². The molecule has 3 rings (SSSR count). The van der Waals surface area contributed by atoms with Crippen molar-refractivity contribution in [2.75, 3.05) is 14.2 Å². The fourth-order valence-corrected chi connectivity index (χ4v) is 3.43. The molecule has 7 nitrogen and oxygen atoms in total. The first kappa shape index (κ1) is 18.1. The number of Topliss-reactive ketones (excluding diaryl/α,β-unsaturated/α-hetero) is 1. The SMILES string of the molecule is COC(=O)C1(O)C(C(=O)c2ccco2)C(c2ccccc2)NC(=S)N1C.